The highest BCUT2D eigenvalue weighted by Crippen LogP contribution is 2.28. The molecule has 0 aliphatic rings. The van der Waals surface area contributed by atoms with Gasteiger partial charge in [-0.3, -0.25) is 14.7 Å². The second-order valence-electron chi connectivity index (χ2n) is 4.08. The standard InChI is InChI=1S/C13H15N3O3/c1-3-4-13-14-7-8-15(13)11-6-5-10(19-2)9-12(11)16(17)18/h5-9H,3-4H2,1-2H3. The maximum atomic E-state index is 11.2. The summed E-state index contributed by atoms with van der Waals surface area (Å²) in [4.78, 5) is 15.0. The molecule has 0 saturated heterocycles. The van der Waals surface area contributed by atoms with Gasteiger partial charge in [-0.1, -0.05) is 6.92 Å². The van der Waals surface area contributed by atoms with E-state index in [0.717, 1.165) is 18.7 Å². The van der Waals surface area contributed by atoms with E-state index < -0.39 is 4.92 Å². The number of rotatable bonds is 5. The molecule has 0 atom stereocenters. The fourth-order valence-electron chi connectivity index (χ4n) is 1.94. The van der Waals surface area contributed by atoms with Gasteiger partial charge in [0.05, 0.1) is 18.1 Å². The van der Waals surface area contributed by atoms with Crippen molar-refractivity contribution in [2.24, 2.45) is 0 Å². The molecule has 0 fully saturated rings. The highest BCUT2D eigenvalue weighted by atomic mass is 16.6. The zero-order valence-corrected chi connectivity index (χ0v) is 10.9. The molecule has 1 heterocycles. The van der Waals surface area contributed by atoms with Crippen LogP contribution in [0, 0.1) is 10.1 Å². The molecule has 0 bridgehead atoms. The van der Waals surface area contributed by atoms with Crippen molar-refractivity contribution >= 4 is 5.69 Å². The van der Waals surface area contributed by atoms with Gasteiger partial charge >= 0.3 is 0 Å². The lowest BCUT2D eigenvalue weighted by Gasteiger charge is -2.09. The van der Waals surface area contributed by atoms with Crippen LogP contribution in [0.25, 0.3) is 5.69 Å². The molecule has 0 radical (unpaired) electrons. The van der Waals surface area contributed by atoms with Crippen LogP contribution in [0.1, 0.15) is 19.2 Å². The van der Waals surface area contributed by atoms with E-state index >= 15 is 0 Å². The molecule has 0 aliphatic heterocycles. The molecule has 6 heteroatoms. The third-order valence-electron chi connectivity index (χ3n) is 2.83. The fraction of sp³-hybridized carbons (Fsp3) is 0.308. The zero-order chi connectivity index (χ0) is 13.8. The second kappa shape index (κ2) is 5.51. The van der Waals surface area contributed by atoms with Gasteiger partial charge in [0.15, 0.2) is 0 Å². The van der Waals surface area contributed by atoms with Gasteiger partial charge in [-0.25, -0.2) is 4.98 Å². The van der Waals surface area contributed by atoms with E-state index in [0.29, 0.717) is 11.4 Å². The molecular weight excluding hydrogens is 246 g/mol. The molecule has 0 N–H and O–H groups in total. The molecule has 1 aromatic heterocycles. The average molecular weight is 261 g/mol. The van der Waals surface area contributed by atoms with Crippen LogP contribution in [-0.4, -0.2) is 21.6 Å². The van der Waals surface area contributed by atoms with Crippen LogP contribution in [-0.2, 0) is 6.42 Å². The number of methoxy groups -OCH3 is 1. The van der Waals surface area contributed by atoms with Crippen molar-refractivity contribution < 1.29 is 9.66 Å². The van der Waals surface area contributed by atoms with E-state index in [1.54, 1.807) is 29.1 Å². The Balaban J connectivity index is 2.54. The number of nitrogens with zero attached hydrogens (tertiary/aromatic N) is 3. The van der Waals surface area contributed by atoms with Gasteiger partial charge in [0.2, 0.25) is 0 Å². The van der Waals surface area contributed by atoms with E-state index in [9.17, 15) is 10.1 Å². The predicted molar refractivity (Wildman–Crippen MR) is 70.8 cm³/mol. The molecule has 0 aliphatic carbocycles. The number of hydrogen-bond acceptors (Lipinski definition) is 4. The summed E-state index contributed by atoms with van der Waals surface area (Å²) in [6.45, 7) is 2.04. The normalized spacial score (nSPS) is 10.4. The molecule has 2 rings (SSSR count). The molecule has 0 amide bonds. The van der Waals surface area contributed by atoms with Crippen molar-refractivity contribution in [1.29, 1.82) is 0 Å². The molecule has 0 saturated carbocycles. The van der Waals surface area contributed by atoms with Gasteiger partial charge in [-0.15, -0.1) is 0 Å². The van der Waals surface area contributed by atoms with Gasteiger partial charge < -0.3 is 4.74 Å². The quantitative estimate of drug-likeness (QED) is 0.613. The van der Waals surface area contributed by atoms with E-state index in [1.807, 2.05) is 6.92 Å². The topological polar surface area (TPSA) is 70.2 Å². The summed E-state index contributed by atoms with van der Waals surface area (Å²) in [7, 11) is 1.48. The highest BCUT2D eigenvalue weighted by molar-refractivity contribution is 5.56. The maximum Gasteiger partial charge on any atom is 0.296 e. The van der Waals surface area contributed by atoms with Crippen LogP contribution in [0.5, 0.6) is 5.75 Å². The van der Waals surface area contributed by atoms with Gasteiger partial charge in [-0.2, -0.15) is 0 Å². The smallest absolute Gasteiger partial charge is 0.296 e. The number of aromatic nitrogens is 2. The Morgan fingerprint density at radius 3 is 2.89 bits per heavy atom. The summed E-state index contributed by atoms with van der Waals surface area (Å²) in [5.74, 6) is 1.28. The second-order valence-corrected chi connectivity index (χ2v) is 4.08. The molecule has 19 heavy (non-hydrogen) atoms. The minimum absolute atomic E-state index is 0.00898. The fourth-order valence-corrected chi connectivity index (χ4v) is 1.94. The summed E-state index contributed by atoms with van der Waals surface area (Å²) >= 11 is 0. The molecular formula is C13H15N3O3. The van der Waals surface area contributed by atoms with Crippen LogP contribution >= 0.6 is 0 Å². The first-order valence-corrected chi connectivity index (χ1v) is 6.02. The largest absolute Gasteiger partial charge is 0.496 e. The van der Waals surface area contributed by atoms with Crippen LogP contribution in [0.3, 0.4) is 0 Å². The minimum atomic E-state index is -0.409. The lowest BCUT2D eigenvalue weighted by molar-refractivity contribution is -0.384. The Morgan fingerprint density at radius 1 is 1.47 bits per heavy atom. The summed E-state index contributed by atoms with van der Waals surface area (Å²) in [5, 5.41) is 11.2. The third-order valence-corrected chi connectivity index (χ3v) is 2.83. The van der Waals surface area contributed by atoms with E-state index in [-0.39, 0.29) is 5.69 Å². The Bertz CT molecular complexity index is 593. The van der Waals surface area contributed by atoms with Gasteiger partial charge in [-0.05, 0) is 18.6 Å². The number of nitro benzene ring substituents is 1. The van der Waals surface area contributed by atoms with Crippen molar-refractivity contribution in [2.45, 2.75) is 19.8 Å². The number of nitro groups is 1. The first kappa shape index (κ1) is 13.1. The Morgan fingerprint density at radius 2 is 2.26 bits per heavy atom. The SMILES string of the molecule is CCCc1nccn1-c1ccc(OC)cc1[N+](=O)[O-]. The molecule has 2 aromatic rings. The number of imidazole rings is 1. The lowest BCUT2D eigenvalue weighted by atomic mass is 10.2. The number of benzene rings is 1. The van der Waals surface area contributed by atoms with Gasteiger partial charge in [0.25, 0.3) is 5.69 Å². The Labute approximate surface area is 110 Å². The van der Waals surface area contributed by atoms with E-state index in [1.165, 1.54) is 13.2 Å². The minimum Gasteiger partial charge on any atom is -0.496 e. The summed E-state index contributed by atoms with van der Waals surface area (Å²) < 4.78 is 6.78. The van der Waals surface area contributed by atoms with E-state index in [4.69, 9.17) is 4.74 Å². The Hall–Kier alpha value is -2.37. The highest BCUT2D eigenvalue weighted by Gasteiger charge is 2.18. The predicted octanol–water partition coefficient (Wildman–Crippen LogP) is 2.74. The van der Waals surface area contributed by atoms with Gasteiger partial charge in [0, 0.05) is 18.8 Å². The summed E-state index contributed by atoms with van der Waals surface area (Å²) in [6.07, 6.45) is 5.09. The van der Waals surface area contributed by atoms with Crippen LogP contribution in [0.4, 0.5) is 5.69 Å². The first-order valence-electron chi connectivity index (χ1n) is 6.02. The van der Waals surface area contributed by atoms with Crippen molar-refractivity contribution in [3.63, 3.8) is 0 Å². The van der Waals surface area contributed by atoms with Crippen molar-refractivity contribution in [3.05, 3.63) is 46.5 Å². The molecule has 0 unspecified atom stereocenters. The molecule has 100 valence electrons. The van der Waals surface area contributed by atoms with Crippen molar-refractivity contribution in [2.75, 3.05) is 7.11 Å². The zero-order valence-electron chi connectivity index (χ0n) is 10.9. The maximum absolute atomic E-state index is 11.2. The van der Waals surface area contributed by atoms with E-state index in [2.05, 4.69) is 4.98 Å². The van der Waals surface area contributed by atoms with Crippen LogP contribution in [0.2, 0.25) is 0 Å². The number of ether oxygens (including phenoxy) is 1. The number of hydrogen-bond donors (Lipinski definition) is 0. The molecule has 1 aromatic carbocycles. The van der Waals surface area contributed by atoms with Crippen molar-refractivity contribution in [3.8, 4) is 11.4 Å². The third kappa shape index (κ3) is 2.57. The molecule has 6 nitrogen and oxygen atoms in total. The van der Waals surface area contributed by atoms with Crippen LogP contribution < -0.4 is 4.74 Å². The van der Waals surface area contributed by atoms with Crippen molar-refractivity contribution in [1.82, 2.24) is 9.55 Å². The number of aryl methyl sites for hydroxylation is 1. The van der Waals surface area contributed by atoms with Gasteiger partial charge in [0.1, 0.15) is 17.3 Å². The average Bonchev–Trinajstić information content (AvgIpc) is 2.86. The Kier molecular flexibility index (Phi) is 3.79. The molecule has 0 spiro atoms. The first-order chi connectivity index (χ1) is 9.17. The summed E-state index contributed by atoms with van der Waals surface area (Å²) in [5.41, 5.74) is 0.515. The monoisotopic (exact) mass is 261 g/mol. The van der Waals surface area contributed by atoms with Crippen LogP contribution in [0.15, 0.2) is 30.6 Å². The lowest BCUT2D eigenvalue weighted by Crippen LogP contribution is -2.04. The summed E-state index contributed by atoms with van der Waals surface area (Å²) in [6, 6.07) is 4.81.